The second-order valence-corrected chi connectivity index (χ2v) is 9.83. The van der Waals surface area contributed by atoms with E-state index in [2.05, 4.69) is 22.2 Å². The number of nitrogens with zero attached hydrogens (tertiary/aromatic N) is 3. The second-order valence-electron chi connectivity index (χ2n) is 9.05. The van der Waals surface area contributed by atoms with E-state index >= 15 is 8.78 Å². The van der Waals surface area contributed by atoms with Crippen LogP contribution in [0.5, 0.6) is 0 Å². The third-order valence-corrected chi connectivity index (χ3v) is 7.66. The molecule has 5 rings (SSSR count). The van der Waals surface area contributed by atoms with Gasteiger partial charge in [-0.2, -0.15) is 0 Å². The van der Waals surface area contributed by atoms with Crippen LogP contribution < -0.4 is 16.2 Å². The largest absolute Gasteiger partial charge is 0.373 e. The third-order valence-electron chi connectivity index (χ3n) is 6.86. The number of anilines is 1. The van der Waals surface area contributed by atoms with E-state index in [-0.39, 0.29) is 63.5 Å². The van der Waals surface area contributed by atoms with E-state index in [1.165, 1.54) is 27.7 Å². The maximum absolute atomic E-state index is 15.2. The van der Waals surface area contributed by atoms with Crippen molar-refractivity contribution in [1.82, 2.24) is 19.8 Å². The Labute approximate surface area is 219 Å². The Balaban J connectivity index is 1.64. The van der Waals surface area contributed by atoms with Crippen LogP contribution in [0, 0.1) is 11.6 Å². The minimum atomic E-state index is -1.29. The Morgan fingerprint density at radius 1 is 1.24 bits per heavy atom. The van der Waals surface area contributed by atoms with Gasteiger partial charge in [-0.25, -0.2) is 13.8 Å². The first-order chi connectivity index (χ1) is 17.6. The zero-order valence-electron chi connectivity index (χ0n) is 19.4. The number of halogens is 4. The number of carbonyl (C=O) groups excluding carboxylic acids is 2. The zero-order valence-corrected chi connectivity index (χ0v) is 20.9. The van der Waals surface area contributed by atoms with Crippen LogP contribution in [0.2, 0.25) is 10.0 Å². The zero-order chi connectivity index (χ0) is 26.5. The normalized spacial score (nSPS) is 21.4. The van der Waals surface area contributed by atoms with Crippen molar-refractivity contribution in [2.45, 2.75) is 24.4 Å². The van der Waals surface area contributed by atoms with Crippen LogP contribution in [0.25, 0.3) is 10.9 Å². The molecule has 0 radical (unpaired) electrons. The van der Waals surface area contributed by atoms with Crippen molar-refractivity contribution in [3.05, 3.63) is 80.8 Å². The average Bonchev–Trinajstić information content (AvgIpc) is 3.49. The fourth-order valence-corrected chi connectivity index (χ4v) is 5.57. The van der Waals surface area contributed by atoms with E-state index in [1.807, 2.05) is 0 Å². The highest BCUT2D eigenvalue weighted by molar-refractivity contribution is 6.42. The minimum absolute atomic E-state index is 0.0198. The van der Waals surface area contributed by atoms with Gasteiger partial charge in [0, 0.05) is 30.9 Å². The van der Waals surface area contributed by atoms with Gasteiger partial charge in [0.25, 0.3) is 5.56 Å². The highest BCUT2D eigenvalue weighted by Gasteiger charge is 2.44. The van der Waals surface area contributed by atoms with E-state index in [0.29, 0.717) is 13.0 Å². The van der Waals surface area contributed by atoms with Gasteiger partial charge in [0.1, 0.15) is 17.4 Å². The number of likely N-dealkylation sites (tertiary alicyclic amines) is 1. The number of amides is 2. The summed E-state index contributed by atoms with van der Waals surface area (Å²) >= 11 is 12.6. The molecule has 2 aliphatic rings. The van der Waals surface area contributed by atoms with E-state index in [9.17, 15) is 14.4 Å². The van der Waals surface area contributed by atoms with Crippen LogP contribution in [0.15, 0.2) is 48.0 Å². The fraction of sp³-hybridized carbons (Fsp3) is 0.280. The lowest BCUT2D eigenvalue weighted by molar-refractivity contribution is -0.125. The average molecular weight is 548 g/mol. The number of hydrogen-bond acceptors (Lipinski definition) is 5. The van der Waals surface area contributed by atoms with Crippen molar-refractivity contribution in [2.24, 2.45) is 0 Å². The SMILES string of the molecule is C=CC(=O)N1CC[C@](Nc2cc(F)c3ncn([C@@H]4CCNC4=O)c(=O)c3c2)(c2c(F)ccc(Cl)c2Cl)C1. The summed E-state index contributed by atoms with van der Waals surface area (Å²) in [5, 5.41) is 5.81. The quantitative estimate of drug-likeness (QED) is 0.374. The lowest BCUT2D eigenvalue weighted by atomic mass is 9.87. The highest BCUT2D eigenvalue weighted by atomic mass is 35.5. The van der Waals surface area contributed by atoms with Crippen LogP contribution in [0.1, 0.15) is 24.4 Å². The van der Waals surface area contributed by atoms with Gasteiger partial charge >= 0.3 is 0 Å². The molecule has 3 aromatic rings. The van der Waals surface area contributed by atoms with Gasteiger partial charge in [-0.15, -0.1) is 0 Å². The summed E-state index contributed by atoms with van der Waals surface area (Å²) in [5.74, 6) is -2.13. The summed E-state index contributed by atoms with van der Waals surface area (Å²) in [6.45, 7) is 4.14. The number of benzene rings is 2. The second kappa shape index (κ2) is 9.42. The minimum Gasteiger partial charge on any atom is -0.373 e. The molecule has 1 aromatic heterocycles. The number of rotatable bonds is 5. The van der Waals surface area contributed by atoms with Crippen LogP contribution in [-0.2, 0) is 15.1 Å². The lowest BCUT2D eigenvalue weighted by Crippen LogP contribution is -2.41. The number of fused-ring (bicyclic) bond motifs is 1. The first kappa shape index (κ1) is 25.2. The standard InChI is InChI=1S/C25H21Cl2F2N5O3/c1-2-19(35)33-8-6-25(11-33,20-16(28)4-3-15(26)21(20)27)32-13-9-14-22(17(29)10-13)31-12-34(24(14)37)18-5-7-30-23(18)36/h2-4,9-10,12,18,32H,1,5-8,11H2,(H,30,36)/t18-,25-/m1/s1. The molecule has 2 aliphatic heterocycles. The first-order valence-corrected chi connectivity index (χ1v) is 12.2. The van der Waals surface area contributed by atoms with Gasteiger partial charge in [0.2, 0.25) is 11.8 Å². The maximum Gasteiger partial charge on any atom is 0.262 e. The maximum atomic E-state index is 15.2. The summed E-state index contributed by atoms with van der Waals surface area (Å²) in [6, 6.07) is 4.27. The molecule has 2 saturated heterocycles. The summed E-state index contributed by atoms with van der Waals surface area (Å²) in [6.07, 6.45) is 2.92. The molecule has 0 bridgehead atoms. The van der Waals surface area contributed by atoms with Crippen molar-refractivity contribution in [3.8, 4) is 0 Å². The first-order valence-electron chi connectivity index (χ1n) is 11.5. The molecule has 2 N–H and O–H groups in total. The summed E-state index contributed by atoms with van der Waals surface area (Å²) in [4.78, 5) is 43.3. The molecule has 37 heavy (non-hydrogen) atoms. The Bertz CT molecular complexity index is 1530. The molecule has 0 saturated carbocycles. The molecule has 0 spiro atoms. The smallest absolute Gasteiger partial charge is 0.262 e. The predicted octanol–water partition coefficient (Wildman–Crippen LogP) is 3.77. The molecule has 192 valence electrons. The molecule has 2 aromatic carbocycles. The summed E-state index contributed by atoms with van der Waals surface area (Å²) < 4.78 is 31.6. The number of hydrogen-bond donors (Lipinski definition) is 2. The molecule has 0 aliphatic carbocycles. The molecule has 2 fully saturated rings. The van der Waals surface area contributed by atoms with Gasteiger partial charge in [-0.05, 0) is 43.2 Å². The van der Waals surface area contributed by atoms with Crippen molar-refractivity contribution in [2.75, 3.05) is 25.0 Å². The number of nitrogens with one attached hydrogen (secondary N) is 2. The molecule has 8 nitrogen and oxygen atoms in total. The number of aromatic nitrogens is 2. The van der Waals surface area contributed by atoms with Gasteiger partial charge in [-0.1, -0.05) is 29.8 Å². The predicted molar refractivity (Wildman–Crippen MR) is 136 cm³/mol. The lowest BCUT2D eigenvalue weighted by Gasteiger charge is -2.33. The van der Waals surface area contributed by atoms with E-state index in [0.717, 1.165) is 18.5 Å². The van der Waals surface area contributed by atoms with Gasteiger partial charge < -0.3 is 15.5 Å². The van der Waals surface area contributed by atoms with Gasteiger partial charge in [0.15, 0.2) is 5.82 Å². The number of carbonyl (C=O) groups is 2. The van der Waals surface area contributed by atoms with Crippen LogP contribution in [0.4, 0.5) is 14.5 Å². The molecular weight excluding hydrogens is 527 g/mol. The Hall–Kier alpha value is -3.50. The van der Waals surface area contributed by atoms with Crippen LogP contribution in [0.3, 0.4) is 0 Å². The van der Waals surface area contributed by atoms with Gasteiger partial charge in [-0.3, -0.25) is 19.0 Å². The highest BCUT2D eigenvalue weighted by Crippen LogP contribution is 2.43. The van der Waals surface area contributed by atoms with Crippen molar-refractivity contribution in [3.63, 3.8) is 0 Å². The molecule has 12 heteroatoms. The monoisotopic (exact) mass is 547 g/mol. The van der Waals surface area contributed by atoms with Crippen molar-refractivity contribution in [1.29, 1.82) is 0 Å². The fourth-order valence-electron chi connectivity index (χ4n) is 5.08. The molecule has 2 atom stereocenters. The van der Waals surface area contributed by atoms with E-state index in [4.69, 9.17) is 23.2 Å². The molecular formula is C25H21Cl2F2N5O3. The van der Waals surface area contributed by atoms with E-state index < -0.39 is 28.8 Å². The Kier molecular flexibility index (Phi) is 6.41. The van der Waals surface area contributed by atoms with Gasteiger partial charge in [0.05, 0.1) is 27.3 Å². The Morgan fingerprint density at radius 2 is 2.03 bits per heavy atom. The summed E-state index contributed by atoms with van der Waals surface area (Å²) in [7, 11) is 0. The molecule has 3 heterocycles. The van der Waals surface area contributed by atoms with Crippen LogP contribution in [-0.4, -0.2) is 45.9 Å². The molecule has 0 unspecified atom stereocenters. The Morgan fingerprint density at radius 3 is 2.73 bits per heavy atom. The topological polar surface area (TPSA) is 96.3 Å². The molecule has 2 amide bonds. The van der Waals surface area contributed by atoms with Crippen molar-refractivity contribution < 1.29 is 18.4 Å². The van der Waals surface area contributed by atoms with E-state index in [1.54, 1.807) is 0 Å². The third kappa shape index (κ3) is 4.23. The summed E-state index contributed by atoms with van der Waals surface area (Å²) in [5.41, 5.74) is -1.89. The van der Waals surface area contributed by atoms with Crippen LogP contribution >= 0.6 is 23.2 Å². The van der Waals surface area contributed by atoms with Crippen molar-refractivity contribution >= 4 is 51.6 Å².